The first-order chi connectivity index (χ1) is 7.86. The largest absolute Gasteiger partial charge is 0.367 e. The van der Waals surface area contributed by atoms with Crippen LogP contribution in [0.5, 0.6) is 0 Å². The molecule has 0 saturated carbocycles. The highest BCUT2D eigenvalue weighted by atomic mass is 32.1. The lowest BCUT2D eigenvalue weighted by Crippen LogP contribution is -1.84. The van der Waals surface area contributed by atoms with Crippen molar-refractivity contribution in [1.29, 1.82) is 0 Å². The van der Waals surface area contributed by atoms with E-state index in [1.807, 2.05) is 17.5 Å². The molecule has 80 valence electrons. The van der Waals surface area contributed by atoms with Gasteiger partial charge in [0.15, 0.2) is 0 Å². The lowest BCUT2D eigenvalue weighted by molar-refractivity contribution is 0.439. The molecule has 0 fully saturated rings. The second-order valence-corrected chi connectivity index (χ2v) is 4.95. The summed E-state index contributed by atoms with van der Waals surface area (Å²) in [5.41, 5.74) is 9.19. The van der Waals surface area contributed by atoms with E-state index < -0.39 is 0 Å². The average molecular weight is 249 g/mol. The molecular weight excluding hydrogens is 242 g/mol. The van der Waals surface area contributed by atoms with E-state index in [1.54, 1.807) is 23.0 Å². The first-order valence-corrected chi connectivity index (χ1v) is 6.30. The third-order valence-corrected chi connectivity index (χ3v) is 3.82. The van der Waals surface area contributed by atoms with Crippen LogP contribution >= 0.6 is 22.7 Å². The number of thiophene rings is 1. The topological polar surface area (TPSA) is 64.9 Å². The molecule has 16 heavy (non-hydrogen) atoms. The Labute approximate surface area is 99.4 Å². The minimum absolute atomic E-state index is 0.353. The Hall–Kier alpha value is -1.66. The van der Waals surface area contributed by atoms with E-state index >= 15 is 0 Å². The summed E-state index contributed by atoms with van der Waals surface area (Å²) in [6.45, 7) is 0. The fourth-order valence-corrected chi connectivity index (χ4v) is 2.85. The zero-order chi connectivity index (χ0) is 11.0. The first kappa shape index (κ1) is 9.56. The molecule has 0 aliphatic heterocycles. The fourth-order valence-electron chi connectivity index (χ4n) is 1.46. The molecule has 0 unspecified atom stereocenters. The van der Waals surface area contributed by atoms with E-state index in [1.165, 1.54) is 11.3 Å². The zero-order valence-corrected chi connectivity index (χ0v) is 9.72. The maximum absolute atomic E-state index is 5.80. The summed E-state index contributed by atoms with van der Waals surface area (Å²) in [5.74, 6) is 0.353. The smallest absolute Gasteiger partial charge is 0.231 e. The van der Waals surface area contributed by atoms with Gasteiger partial charge in [0.1, 0.15) is 5.69 Å². The number of hydrogen-bond acceptors (Lipinski definition) is 6. The molecule has 0 radical (unpaired) electrons. The van der Waals surface area contributed by atoms with Gasteiger partial charge in [-0.15, -0.1) is 22.7 Å². The summed E-state index contributed by atoms with van der Waals surface area (Å²) in [6.07, 6.45) is 1.76. The molecule has 4 nitrogen and oxygen atoms in total. The molecule has 0 bridgehead atoms. The maximum atomic E-state index is 5.80. The minimum atomic E-state index is 0.353. The molecule has 0 aliphatic carbocycles. The minimum Gasteiger partial charge on any atom is -0.367 e. The molecule has 0 atom stereocenters. The number of nitrogen functional groups attached to an aromatic ring is 1. The van der Waals surface area contributed by atoms with Gasteiger partial charge in [-0.05, 0) is 11.4 Å². The number of aromatic nitrogens is 2. The summed E-state index contributed by atoms with van der Waals surface area (Å²) in [4.78, 5) is 6.05. The van der Waals surface area contributed by atoms with Gasteiger partial charge >= 0.3 is 0 Å². The van der Waals surface area contributed by atoms with Crippen LogP contribution in [0, 0.1) is 0 Å². The van der Waals surface area contributed by atoms with E-state index in [0.29, 0.717) is 5.88 Å². The van der Waals surface area contributed by atoms with Gasteiger partial charge in [-0.1, -0.05) is 11.2 Å². The van der Waals surface area contributed by atoms with E-state index in [2.05, 4.69) is 10.1 Å². The van der Waals surface area contributed by atoms with E-state index in [4.69, 9.17) is 10.3 Å². The van der Waals surface area contributed by atoms with Crippen LogP contribution in [0.3, 0.4) is 0 Å². The van der Waals surface area contributed by atoms with Gasteiger partial charge in [0.05, 0.1) is 16.0 Å². The number of anilines is 1. The highest BCUT2D eigenvalue weighted by Crippen LogP contribution is 2.39. The second-order valence-electron chi connectivity index (χ2n) is 3.11. The molecule has 0 aliphatic rings. The lowest BCUT2D eigenvalue weighted by Gasteiger charge is -1.95. The monoisotopic (exact) mass is 249 g/mol. The summed E-state index contributed by atoms with van der Waals surface area (Å²) >= 11 is 3.13. The van der Waals surface area contributed by atoms with Crippen molar-refractivity contribution in [2.45, 2.75) is 0 Å². The summed E-state index contributed by atoms with van der Waals surface area (Å²) in [6, 6.07) is 3.97. The predicted molar refractivity (Wildman–Crippen MR) is 65.3 cm³/mol. The Morgan fingerprint density at radius 2 is 2.19 bits per heavy atom. The van der Waals surface area contributed by atoms with Crippen molar-refractivity contribution in [3.8, 4) is 21.0 Å². The normalized spacial score (nSPS) is 10.8. The Balaban J connectivity index is 2.21. The van der Waals surface area contributed by atoms with Crippen LogP contribution in [0.1, 0.15) is 0 Å². The first-order valence-electron chi connectivity index (χ1n) is 4.54. The second kappa shape index (κ2) is 3.73. The highest BCUT2D eigenvalue weighted by Gasteiger charge is 2.18. The van der Waals surface area contributed by atoms with Crippen LogP contribution < -0.4 is 5.73 Å². The Kier molecular flexibility index (Phi) is 2.23. The molecule has 3 aromatic heterocycles. The Morgan fingerprint density at radius 1 is 1.25 bits per heavy atom. The summed E-state index contributed by atoms with van der Waals surface area (Å²) in [7, 11) is 0. The van der Waals surface area contributed by atoms with Crippen molar-refractivity contribution in [3.63, 3.8) is 0 Å². The zero-order valence-electron chi connectivity index (χ0n) is 8.08. The van der Waals surface area contributed by atoms with Crippen LogP contribution in [0.15, 0.2) is 33.7 Å². The number of nitrogens with zero attached hydrogens (tertiary/aromatic N) is 2. The summed E-state index contributed by atoms with van der Waals surface area (Å²) < 4.78 is 5.06. The molecule has 2 N–H and O–H groups in total. The highest BCUT2D eigenvalue weighted by molar-refractivity contribution is 7.14. The van der Waals surface area contributed by atoms with Crippen LogP contribution in [-0.4, -0.2) is 10.1 Å². The van der Waals surface area contributed by atoms with Gasteiger partial charge in [-0.2, -0.15) is 0 Å². The van der Waals surface area contributed by atoms with Crippen molar-refractivity contribution in [2.24, 2.45) is 0 Å². The van der Waals surface area contributed by atoms with Gasteiger partial charge in [0, 0.05) is 11.1 Å². The number of hydrogen-bond donors (Lipinski definition) is 1. The fraction of sp³-hybridized carbons (Fsp3) is 0. The van der Waals surface area contributed by atoms with Gasteiger partial charge < -0.3 is 10.3 Å². The Morgan fingerprint density at radius 3 is 2.88 bits per heavy atom. The Bertz CT molecular complexity index is 584. The van der Waals surface area contributed by atoms with Crippen molar-refractivity contribution >= 4 is 28.6 Å². The predicted octanol–water partition coefficient (Wildman–Crippen LogP) is 3.11. The molecule has 3 rings (SSSR count). The standard InChI is InChI=1S/C10H7N3OS2/c11-10-8(6-2-1-3-15-6)9(13-14-10)7-4-12-5-16-7/h1-5H,11H2. The number of thiazole rings is 1. The van der Waals surface area contributed by atoms with Gasteiger partial charge in [0.2, 0.25) is 5.88 Å². The van der Waals surface area contributed by atoms with Crippen LogP contribution in [-0.2, 0) is 0 Å². The molecule has 6 heteroatoms. The van der Waals surface area contributed by atoms with E-state index in [9.17, 15) is 0 Å². The lowest BCUT2D eigenvalue weighted by atomic mass is 10.2. The maximum Gasteiger partial charge on any atom is 0.231 e. The van der Waals surface area contributed by atoms with Crippen molar-refractivity contribution in [1.82, 2.24) is 10.1 Å². The van der Waals surface area contributed by atoms with Crippen LogP contribution in [0.4, 0.5) is 5.88 Å². The van der Waals surface area contributed by atoms with Gasteiger partial charge in [0.25, 0.3) is 0 Å². The van der Waals surface area contributed by atoms with Gasteiger partial charge in [-0.25, -0.2) is 0 Å². The molecule has 3 heterocycles. The number of nitrogens with two attached hydrogens (primary N) is 1. The van der Waals surface area contributed by atoms with Crippen molar-refractivity contribution in [3.05, 3.63) is 29.2 Å². The van der Waals surface area contributed by atoms with Crippen molar-refractivity contribution < 1.29 is 4.52 Å². The SMILES string of the molecule is Nc1onc(-c2cncs2)c1-c1cccs1. The molecule has 0 spiro atoms. The molecule has 0 saturated heterocycles. The van der Waals surface area contributed by atoms with Crippen LogP contribution in [0.2, 0.25) is 0 Å². The van der Waals surface area contributed by atoms with Gasteiger partial charge in [-0.3, -0.25) is 4.98 Å². The van der Waals surface area contributed by atoms with Crippen molar-refractivity contribution in [2.75, 3.05) is 5.73 Å². The molecule has 0 amide bonds. The average Bonchev–Trinajstić information content (AvgIpc) is 2.96. The third-order valence-electron chi connectivity index (χ3n) is 2.15. The van der Waals surface area contributed by atoms with Crippen LogP contribution in [0.25, 0.3) is 21.0 Å². The molecule has 0 aromatic carbocycles. The molecule has 3 aromatic rings. The molecular formula is C10H7N3OS2. The number of rotatable bonds is 2. The van der Waals surface area contributed by atoms with E-state index in [0.717, 1.165) is 21.0 Å². The van der Waals surface area contributed by atoms with E-state index in [-0.39, 0.29) is 0 Å². The third kappa shape index (κ3) is 1.43. The quantitative estimate of drug-likeness (QED) is 0.758. The summed E-state index contributed by atoms with van der Waals surface area (Å²) in [5, 5.41) is 5.99.